The smallest absolute Gasteiger partial charge is 0.254 e. The van der Waals surface area contributed by atoms with Crippen LogP contribution in [0.5, 0.6) is 0 Å². The van der Waals surface area contributed by atoms with E-state index in [4.69, 9.17) is 11.6 Å². The average Bonchev–Trinajstić information content (AvgIpc) is 3.03. The number of benzene rings is 1. The van der Waals surface area contributed by atoms with Crippen molar-refractivity contribution in [2.45, 2.75) is 0 Å². The third-order valence-electron chi connectivity index (χ3n) is 4.31. The molecule has 0 saturated carbocycles. The highest BCUT2D eigenvalue weighted by atomic mass is 35.5. The van der Waals surface area contributed by atoms with Crippen LogP contribution in [0.2, 0.25) is 5.02 Å². The minimum Gasteiger partial charge on any atom is -0.337 e. The molecular formula is C17H14ClF2N5O. The third kappa shape index (κ3) is 3.08. The topological polar surface area (TPSA) is 53.7 Å². The van der Waals surface area contributed by atoms with Crippen molar-refractivity contribution in [2.24, 2.45) is 0 Å². The summed E-state index contributed by atoms with van der Waals surface area (Å²) in [7, 11) is 0. The van der Waals surface area contributed by atoms with Crippen molar-refractivity contribution in [3.63, 3.8) is 0 Å². The monoisotopic (exact) mass is 377 g/mol. The molecular weight excluding hydrogens is 364 g/mol. The molecule has 0 spiro atoms. The van der Waals surface area contributed by atoms with Crippen LogP contribution in [0.15, 0.2) is 36.5 Å². The molecule has 1 aromatic carbocycles. The van der Waals surface area contributed by atoms with Gasteiger partial charge in [0.05, 0.1) is 5.02 Å². The molecule has 3 heterocycles. The zero-order valence-electron chi connectivity index (χ0n) is 13.6. The molecule has 9 heteroatoms. The summed E-state index contributed by atoms with van der Waals surface area (Å²) in [4.78, 5) is 16.0. The Morgan fingerprint density at radius 2 is 1.69 bits per heavy atom. The number of carbonyl (C=O) groups is 1. The lowest BCUT2D eigenvalue weighted by atomic mass is 10.1. The van der Waals surface area contributed by atoms with Crippen molar-refractivity contribution >= 4 is 29.1 Å². The second-order valence-electron chi connectivity index (χ2n) is 6.01. The van der Waals surface area contributed by atoms with Gasteiger partial charge >= 0.3 is 0 Å². The number of anilines is 1. The number of hydrogen-bond donors (Lipinski definition) is 0. The second kappa shape index (κ2) is 6.53. The summed E-state index contributed by atoms with van der Waals surface area (Å²) in [6.45, 7) is 1.87. The van der Waals surface area contributed by atoms with E-state index in [-0.39, 0.29) is 5.56 Å². The van der Waals surface area contributed by atoms with Gasteiger partial charge in [0, 0.05) is 44.0 Å². The Labute approximate surface area is 152 Å². The maximum Gasteiger partial charge on any atom is 0.254 e. The maximum atomic E-state index is 13.3. The maximum absolute atomic E-state index is 13.3. The van der Waals surface area contributed by atoms with Crippen molar-refractivity contribution in [1.29, 1.82) is 0 Å². The van der Waals surface area contributed by atoms with Gasteiger partial charge in [0.2, 0.25) is 5.95 Å². The van der Waals surface area contributed by atoms with Crippen molar-refractivity contribution in [3.05, 3.63) is 58.7 Å². The van der Waals surface area contributed by atoms with Gasteiger partial charge in [0.15, 0.2) is 5.65 Å². The molecule has 1 fully saturated rings. The number of hydrogen-bond acceptors (Lipinski definition) is 4. The molecule has 1 amide bonds. The zero-order chi connectivity index (χ0) is 18.3. The van der Waals surface area contributed by atoms with E-state index in [2.05, 4.69) is 10.2 Å². The van der Waals surface area contributed by atoms with Crippen LogP contribution in [0.1, 0.15) is 10.4 Å². The standard InChI is InChI=1S/C17H14ClF2N5O/c18-12-1-2-15-21-22-17(25(15)10-12)24-5-3-23(4-6-24)16(26)11-7-13(19)9-14(20)8-11/h1-2,7-10H,3-6H2. The number of aromatic nitrogens is 3. The van der Waals surface area contributed by atoms with Crippen LogP contribution in [0.25, 0.3) is 5.65 Å². The summed E-state index contributed by atoms with van der Waals surface area (Å²) in [6, 6.07) is 6.36. The highest BCUT2D eigenvalue weighted by Crippen LogP contribution is 2.19. The normalized spacial score (nSPS) is 14.9. The molecule has 134 valence electrons. The summed E-state index contributed by atoms with van der Waals surface area (Å²) in [6.07, 6.45) is 1.74. The molecule has 0 N–H and O–H groups in total. The van der Waals surface area contributed by atoms with Crippen molar-refractivity contribution in [3.8, 4) is 0 Å². The van der Waals surface area contributed by atoms with Gasteiger partial charge in [-0.15, -0.1) is 10.2 Å². The van der Waals surface area contributed by atoms with E-state index in [0.717, 1.165) is 18.2 Å². The third-order valence-corrected chi connectivity index (χ3v) is 4.53. The predicted molar refractivity (Wildman–Crippen MR) is 92.5 cm³/mol. The summed E-state index contributed by atoms with van der Waals surface area (Å²) < 4.78 is 28.5. The molecule has 0 aliphatic carbocycles. The lowest BCUT2D eigenvalue weighted by Gasteiger charge is -2.34. The molecule has 1 aliphatic rings. The van der Waals surface area contributed by atoms with Crippen LogP contribution in [-0.4, -0.2) is 51.6 Å². The largest absolute Gasteiger partial charge is 0.337 e. The van der Waals surface area contributed by atoms with Crippen molar-refractivity contribution < 1.29 is 13.6 Å². The molecule has 0 atom stereocenters. The summed E-state index contributed by atoms with van der Waals surface area (Å²) in [5.74, 6) is -1.28. The fraction of sp³-hybridized carbons (Fsp3) is 0.235. The number of nitrogens with zero attached hydrogens (tertiary/aromatic N) is 5. The van der Waals surface area contributed by atoms with E-state index in [1.807, 2.05) is 4.90 Å². The van der Waals surface area contributed by atoms with Crippen LogP contribution >= 0.6 is 11.6 Å². The number of carbonyl (C=O) groups excluding carboxylic acids is 1. The van der Waals surface area contributed by atoms with E-state index < -0.39 is 17.5 Å². The fourth-order valence-corrected chi connectivity index (χ4v) is 3.20. The van der Waals surface area contributed by atoms with Gasteiger partial charge in [-0.25, -0.2) is 8.78 Å². The van der Waals surface area contributed by atoms with Gasteiger partial charge in [-0.1, -0.05) is 11.6 Å². The average molecular weight is 378 g/mol. The number of pyridine rings is 1. The quantitative estimate of drug-likeness (QED) is 0.689. The van der Waals surface area contributed by atoms with Gasteiger partial charge in [0.1, 0.15) is 11.6 Å². The van der Waals surface area contributed by atoms with Crippen LogP contribution in [0, 0.1) is 11.6 Å². The number of fused-ring (bicyclic) bond motifs is 1. The van der Waals surface area contributed by atoms with Gasteiger partial charge in [-0.3, -0.25) is 9.20 Å². The highest BCUT2D eigenvalue weighted by Gasteiger charge is 2.25. The Balaban J connectivity index is 1.50. The molecule has 0 bridgehead atoms. The van der Waals surface area contributed by atoms with Crippen molar-refractivity contribution in [2.75, 3.05) is 31.1 Å². The number of piperazine rings is 1. The predicted octanol–water partition coefficient (Wildman–Crippen LogP) is 2.62. The lowest BCUT2D eigenvalue weighted by Crippen LogP contribution is -2.49. The zero-order valence-corrected chi connectivity index (χ0v) is 14.3. The Kier molecular flexibility index (Phi) is 4.20. The molecule has 1 aliphatic heterocycles. The number of amides is 1. The van der Waals surface area contributed by atoms with Crippen molar-refractivity contribution in [1.82, 2.24) is 19.5 Å². The first kappa shape index (κ1) is 16.7. The van der Waals surface area contributed by atoms with E-state index in [1.54, 1.807) is 27.6 Å². The van der Waals surface area contributed by atoms with Gasteiger partial charge in [0.25, 0.3) is 5.91 Å². The first-order chi connectivity index (χ1) is 12.5. The van der Waals surface area contributed by atoms with E-state index >= 15 is 0 Å². The number of halogens is 3. The number of rotatable bonds is 2. The van der Waals surface area contributed by atoms with Gasteiger partial charge < -0.3 is 9.80 Å². The van der Waals surface area contributed by atoms with Crippen LogP contribution in [0.4, 0.5) is 14.7 Å². The molecule has 3 aromatic rings. The van der Waals surface area contributed by atoms with E-state index in [0.29, 0.717) is 42.8 Å². The first-order valence-corrected chi connectivity index (χ1v) is 8.40. The Bertz CT molecular complexity index is 964. The van der Waals surface area contributed by atoms with Crippen LogP contribution in [0.3, 0.4) is 0 Å². The highest BCUT2D eigenvalue weighted by molar-refractivity contribution is 6.30. The molecule has 4 rings (SSSR count). The molecule has 26 heavy (non-hydrogen) atoms. The Morgan fingerprint density at radius 3 is 2.38 bits per heavy atom. The fourth-order valence-electron chi connectivity index (χ4n) is 3.04. The summed E-state index contributed by atoms with van der Waals surface area (Å²) >= 11 is 6.04. The summed E-state index contributed by atoms with van der Waals surface area (Å²) in [5.41, 5.74) is 0.689. The van der Waals surface area contributed by atoms with Crippen LogP contribution < -0.4 is 4.90 Å². The molecule has 1 saturated heterocycles. The minimum absolute atomic E-state index is 0.00987. The Hall–Kier alpha value is -2.74. The molecule has 6 nitrogen and oxygen atoms in total. The second-order valence-corrected chi connectivity index (χ2v) is 6.45. The van der Waals surface area contributed by atoms with Gasteiger partial charge in [-0.05, 0) is 24.3 Å². The van der Waals surface area contributed by atoms with Gasteiger partial charge in [-0.2, -0.15) is 0 Å². The molecule has 2 aromatic heterocycles. The van der Waals surface area contributed by atoms with E-state index in [9.17, 15) is 13.6 Å². The minimum atomic E-state index is -0.765. The molecule has 0 unspecified atom stereocenters. The molecule has 0 radical (unpaired) electrons. The SMILES string of the molecule is O=C(c1cc(F)cc(F)c1)N1CCN(c2nnc3ccc(Cl)cn23)CC1. The first-order valence-electron chi connectivity index (χ1n) is 8.02. The van der Waals surface area contributed by atoms with E-state index in [1.165, 1.54) is 0 Å². The lowest BCUT2D eigenvalue weighted by molar-refractivity contribution is 0.0745. The Morgan fingerprint density at radius 1 is 1.00 bits per heavy atom. The summed E-state index contributed by atoms with van der Waals surface area (Å²) in [5, 5.41) is 8.86. The van der Waals surface area contributed by atoms with Crippen LogP contribution in [-0.2, 0) is 0 Å².